The quantitative estimate of drug-likeness (QED) is 0.783. The summed E-state index contributed by atoms with van der Waals surface area (Å²) in [6.45, 7) is 0.245. The smallest absolute Gasteiger partial charge is 0.260 e. The van der Waals surface area contributed by atoms with E-state index in [0.29, 0.717) is 23.3 Å². The highest BCUT2D eigenvalue weighted by molar-refractivity contribution is 7.90. The third kappa shape index (κ3) is 3.75. The predicted molar refractivity (Wildman–Crippen MR) is 70.0 cm³/mol. The van der Waals surface area contributed by atoms with E-state index in [1.54, 1.807) is 12.1 Å². The van der Waals surface area contributed by atoms with Gasteiger partial charge in [0.15, 0.2) is 5.65 Å². The molecule has 2 aromatic rings. The van der Waals surface area contributed by atoms with Gasteiger partial charge in [-0.15, -0.1) is 0 Å². The number of aromatic nitrogens is 3. The number of hydrogen-bond donors (Lipinski definition) is 1. The summed E-state index contributed by atoms with van der Waals surface area (Å²) >= 11 is 0. The molecule has 7 nitrogen and oxygen atoms in total. The van der Waals surface area contributed by atoms with Gasteiger partial charge in [0.2, 0.25) is 5.88 Å². The van der Waals surface area contributed by atoms with Crippen LogP contribution in [0.1, 0.15) is 6.42 Å². The number of nitrogens with zero attached hydrogens (tertiary/aromatic N) is 2. The number of hydrogen-bond acceptors (Lipinski definition) is 6. The maximum atomic E-state index is 11.4. The van der Waals surface area contributed by atoms with E-state index in [0.717, 1.165) is 0 Å². The molecule has 0 aliphatic carbocycles. The van der Waals surface area contributed by atoms with Crippen molar-refractivity contribution in [3.63, 3.8) is 0 Å². The van der Waals surface area contributed by atoms with Gasteiger partial charge in [0.25, 0.3) is 5.56 Å². The molecule has 0 atom stereocenters. The summed E-state index contributed by atoms with van der Waals surface area (Å²) in [5.41, 5.74) is 0.0329. The molecule has 0 fully saturated rings. The summed E-state index contributed by atoms with van der Waals surface area (Å²) in [6, 6.07) is 3.12. The molecule has 8 heteroatoms. The average molecular weight is 283 g/mol. The second-order valence-electron chi connectivity index (χ2n) is 4.08. The number of nitrogens with one attached hydrogen (secondary N) is 1. The summed E-state index contributed by atoms with van der Waals surface area (Å²) in [5, 5.41) is 0.381. The maximum Gasteiger partial charge on any atom is 0.260 e. The van der Waals surface area contributed by atoms with Crippen molar-refractivity contribution in [2.75, 3.05) is 18.6 Å². The normalized spacial score (nSPS) is 11.6. The third-order valence-corrected chi connectivity index (χ3v) is 3.42. The van der Waals surface area contributed by atoms with E-state index < -0.39 is 9.84 Å². The fourth-order valence-electron chi connectivity index (χ4n) is 1.51. The van der Waals surface area contributed by atoms with Gasteiger partial charge in [0.05, 0.1) is 24.1 Å². The Morgan fingerprint density at radius 2 is 2.16 bits per heavy atom. The summed E-state index contributed by atoms with van der Waals surface area (Å²) in [4.78, 5) is 21.9. The van der Waals surface area contributed by atoms with Crippen molar-refractivity contribution in [3.05, 3.63) is 28.8 Å². The molecule has 1 N–H and O–H groups in total. The van der Waals surface area contributed by atoms with Crippen molar-refractivity contribution in [2.24, 2.45) is 0 Å². The fourth-order valence-corrected chi connectivity index (χ4v) is 2.16. The van der Waals surface area contributed by atoms with Gasteiger partial charge in [-0.3, -0.25) is 4.79 Å². The Balaban J connectivity index is 2.04. The zero-order chi connectivity index (χ0) is 13.9. The second kappa shape index (κ2) is 5.35. The predicted octanol–water partition coefficient (Wildman–Crippen LogP) is 0.132. The Bertz CT molecular complexity index is 739. The lowest BCUT2D eigenvalue weighted by atomic mass is 10.3. The van der Waals surface area contributed by atoms with E-state index in [-0.39, 0.29) is 17.9 Å². The molecule has 0 aromatic carbocycles. The highest BCUT2D eigenvalue weighted by Gasteiger charge is 2.05. The minimum absolute atomic E-state index is 0.0680. The van der Waals surface area contributed by atoms with Gasteiger partial charge in [0, 0.05) is 12.3 Å². The van der Waals surface area contributed by atoms with E-state index >= 15 is 0 Å². The Labute approximate surface area is 109 Å². The maximum absolute atomic E-state index is 11.4. The fraction of sp³-hybridized carbons (Fsp3) is 0.364. The second-order valence-corrected chi connectivity index (χ2v) is 6.34. The highest BCUT2D eigenvalue weighted by atomic mass is 32.2. The highest BCUT2D eigenvalue weighted by Crippen LogP contribution is 2.11. The number of fused-ring (bicyclic) bond motifs is 1. The number of ether oxygens (including phenoxy) is 1. The number of H-pyrrole nitrogens is 1. The van der Waals surface area contributed by atoms with Crippen LogP contribution in [-0.4, -0.2) is 42.0 Å². The van der Waals surface area contributed by atoms with E-state index in [4.69, 9.17) is 4.74 Å². The van der Waals surface area contributed by atoms with Gasteiger partial charge in [-0.25, -0.2) is 13.4 Å². The van der Waals surface area contributed by atoms with Gasteiger partial charge in [-0.05, 0) is 12.5 Å². The standard InChI is InChI=1S/C11H13N3O4S/c1-19(16,17)6-2-5-18-9-4-3-8-10(14-9)12-7-13-11(8)15/h3-4,7H,2,5-6H2,1H3,(H,12,13,14,15). The molecule has 0 saturated carbocycles. The molecule has 2 rings (SSSR count). The Kier molecular flexibility index (Phi) is 3.79. The van der Waals surface area contributed by atoms with Gasteiger partial charge in [0.1, 0.15) is 9.84 Å². The molecule has 0 radical (unpaired) electrons. The largest absolute Gasteiger partial charge is 0.478 e. The summed E-state index contributed by atoms with van der Waals surface area (Å²) < 4.78 is 27.2. The van der Waals surface area contributed by atoms with Crippen molar-refractivity contribution < 1.29 is 13.2 Å². The Hall–Kier alpha value is -1.96. The van der Waals surface area contributed by atoms with Crippen molar-refractivity contribution >= 4 is 20.9 Å². The Morgan fingerprint density at radius 1 is 1.37 bits per heavy atom. The van der Waals surface area contributed by atoms with E-state index in [9.17, 15) is 13.2 Å². The van der Waals surface area contributed by atoms with Crippen LogP contribution in [-0.2, 0) is 9.84 Å². The lowest BCUT2D eigenvalue weighted by Crippen LogP contribution is -2.10. The number of aromatic amines is 1. The number of pyridine rings is 1. The van der Waals surface area contributed by atoms with Crippen LogP contribution in [0.5, 0.6) is 5.88 Å². The average Bonchev–Trinajstić information content (AvgIpc) is 2.34. The number of rotatable bonds is 5. The van der Waals surface area contributed by atoms with Crippen LogP contribution in [0.15, 0.2) is 23.3 Å². The number of sulfone groups is 1. The molecule has 102 valence electrons. The first-order valence-electron chi connectivity index (χ1n) is 5.61. The molecular formula is C11H13N3O4S. The van der Waals surface area contributed by atoms with Crippen LogP contribution in [0.25, 0.3) is 11.0 Å². The third-order valence-electron chi connectivity index (χ3n) is 2.39. The molecule has 0 amide bonds. The molecule has 0 unspecified atom stereocenters. The van der Waals surface area contributed by atoms with Crippen LogP contribution in [0.3, 0.4) is 0 Å². The molecule has 0 spiro atoms. The molecule has 2 heterocycles. The van der Waals surface area contributed by atoms with E-state index in [1.165, 1.54) is 12.6 Å². The minimum atomic E-state index is -2.98. The van der Waals surface area contributed by atoms with Crippen molar-refractivity contribution in [1.29, 1.82) is 0 Å². The zero-order valence-electron chi connectivity index (χ0n) is 10.3. The lowest BCUT2D eigenvalue weighted by molar-refractivity contribution is 0.306. The van der Waals surface area contributed by atoms with Gasteiger partial charge < -0.3 is 9.72 Å². The summed E-state index contributed by atoms with van der Waals surface area (Å²) in [7, 11) is -2.98. The van der Waals surface area contributed by atoms with Gasteiger partial charge in [-0.2, -0.15) is 4.98 Å². The van der Waals surface area contributed by atoms with E-state index in [1.807, 2.05) is 0 Å². The van der Waals surface area contributed by atoms with Gasteiger partial charge in [-0.1, -0.05) is 0 Å². The molecule has 0 saturated heterocycles. The molecule has 2 aromatic heterocycles. The van der Waals surface area contributed by atoms with Crippen LogP contribution >= 0.6 is 0 Å². The Morgan fingerprint density at radius 3 is 2.89 bits per heavy atom. The zero-order valence-corrected chi connectivity index (χ0v) is 11.1. The first-order valence-corrected chi connectivity index (χ1v) is 7.67. The van der Waals surface area contributed by atoms with Crippen molar-refractivity contribution in [3.8, 4) is 5.88 Å². The summed E-state index contributed by atoms with van der Waals surface area (Å²) in [6.07, 6.45) is 2.84. The first-order chi connectivity index (χ1) is 8.96. The molecule has 0 bridgehead atoms. The molecular weight excluding hydrogens is 270 g/mol. The first kappa shape index (κ1) is 13.5. The monoisotopic (exact) mass is 283 g/mol. The lowest BCUT2D eigenvalue weighted by Gasteiger charge is -2.05. The van der Waals surface area contributed by atoms with Crippen molar-refractivity contribution in [2.45, 2.75) is 6.42 Å². The van der Waals surface area contributed by atoms with Crippen LogP contribution in [0.2, 0.25) is 0 Å². The van der Waals surface area contributed by atoms with Crippen molar-refractivity contribution in [1.82, 2.24) is 15.0 Å². The molecule has 0 aliphatic rings. The van der Waals surface area contributed by atoms with E-state index in [2.05, 4.69) is 15.0 Å². The molecule has 19 heavy (non-hydrogen) atoms. The van der Waals surface area contributed by atoms with Crippen LogP contribution in [0, 0.1) is 0 Å². The van der Waals surface area contributed by atoms with Crippen LogP contribution in [0.4, 0.5) is 0 Å². The SMILES string of the molecule is CS(=O)(=O)CCCOc1ccc2c(=O)[nH]cnc2n1. The van der Waals surface area contributed by atoms with Crippen LogP contribution < -0.4 is 10.3 Å². The summed E-state index contributed by atoms with van der Waals surface area (Å²) in [5.74, 6) is 0.387. The topological polar surface area (TPSA) is 102 Å². The molecule has 0 aliphatic heterocycles. The van der Waals surface area contributed by atoms with Gasteiger partial charge >= 0.3 is 0 Å². The minimum Gasteiger partial charge on any atom is -0.478 e.